The molecule has 2 aliphatic heterocycles. The molecule has 0 aliphatic carbocycles. The maximum atomic E-state index is 12.2. The third-order valence-electron chi connectivity index (χ3n) is 3.89. The Morgan fingerprint density at radius 3 is 2.31 bits per heavy atom. The van der Waals surface area contributed by atoms with E-state index in [0.29, 0.717) is 0 Å². The van der Waals surface area contributed by atoms with E-state index >= 15 is 0 Å². The lowest BCUT2D eigenvalue weighted by molar-refractivity contribution is -0.334. The van der Waals surface area contributed by atoms with Gasteiger partial charge in [-0.15, -0.1) is 0 Å². The number of rotatable bonds is 2. The smallest absolute Gasteiger partial charge is 0.210 e. The van der Waals surface area contributed by atoms with Crippen molar-refractivity contribution in [1.82, 2.24) is 0 Å². The zero-order valence-electron chi connectivity index (χ0n) is 10.4. The minimum absolute atomic E-state index is 0.0116. The van der Waals surface area contributed by atoms with Crippen LogP contribution in [-0.2, 0) is 19.0 Å². The Kier molecular flexibility index (Phi) is 2.32. The van der Waals surface area contributed by atoms with Gasteiger partial charge in [0.05, 0.1) is 5.92 Å². The topological polar surface area (TPSA) is 44.8 Å². The van der Waals surface area contributed by atoms with E-state index in [1.165, 1.54) is 14.2 Å². The van der Waals surface area contributed by atoms with Crippen molar-refractivity contribution >= 4 is 5.78 Å². The highest BCUT2D eigenvalue weighted by Crippen LogP contribution is 2.51. The van der Waals surface area contributed by atoms with Gasteiger partial charge < -0.3 is 14.2 Å². The molecule has 3 unspecified atom stereocenters. The van der Waals surface area contributed by atoms with Gasteiger partial charge >= 0.3 is 0 Å². The van der Waals surface area contributed by atoms with Crippen LogP contribution in [0.25, 0.3) is 0 Å². The number of ketones is 1. The van der Waals surface area contributed by atoms with Crippen LogP contribution in [0.2, 0.25) is 0 Å². The van der Waals surface area contributed by atoms with Crippen LogP contribution in [0.5, 0.6) is 0 Å². The minimum Gasteiger partial charge on any atom is -0.350 e. The van der Waals surface area contributed by atoms with Crippen LogP contribution in [0.3, 0.4) is 0 Å². The van der Waals surface area contributed by atoms with Crippen molar-refractivity contribution in [2.45, 2.75) is 37.8 Å². The van der Waals surface area contributed by atoms with Crippen LogP contribution >= 0.6 is 0 Å². The summed E-state index contributed by atoms with van der Waals surface area (Å²) in [6.45, 7) is 5.48. The minimum atomic E-state index is -1.05. The van der Waals surface area contributed by atoms with E-state index in [0.717, 1.165) is 0 Å². The van der Waals surface area contributed by atoms with Crippen LogP contribution in [0.4, 0.5) is 0 Å². The molecule has 0 spiro atoms. The van der Waals surface area contributed by atoms with Gasteiger partial charge in [-0.25, -0.2) is 0 Å². The molecule has 90 valence electrons. The van der Waals surface area contributed by atoms with Crippen LogP contribution in [0.15, 0.2) is 12.2 Å². The van der Waals surface area contributed by atoms with E-state index < -0.39 is 17.0 Å². The Balaban J connectivity index is 2.56. The van der Waals surface area contributed by atoms with Crippen molar-refractivity contribution < 1.29 is 19.0 Å². The molecule has 16 heavy (non-hydrogen) atoms. The van der Waals surface area contributed by atoms with E-state index in [9.17, 15) is 4.79 Å². The molecule has 4 heteroatoms. The number of hydrogen-bond acceptors (Lipinski definition) is 4. The SMILES string of the molecule is COC1(OC)C(C)C(=O)C2(C)C=CC1(C)O2. The highest BCUT2D eigenvalue weighted by molar-refractivity contribution is 5.93. The van der Waals surface area contributed by atoms with Gasteiger partial charge in [0.1, 0.15) is 11.2 Å². The van der Waals surface area contributed by atoms with Gasteiger partial charge in [-0.1, -0.05) is 6.92 Å². The Morgan fingerprint density at radius 1 is 1.25 bits per heavy atom. The zero-order chi connectivity index (χ0) is 12.2. The number of fused-ring (bicyclic) bond motifs is 2. The van der Waals surface area contributed by atoms with E-state index in [1.54, 1.807) is 13.0 Å². The fraction of sp³-hybridized carbons (Fsp3) is 0.750. The zero-order valence-corrected chi connectivity index (χ0v) is 10.4. The summed E-state index contributed by atoms with van der Waals surface area (Å²) in [4.78, 5) is 12.2. The third-order valence-corrected chi connectivity index (χ3v) is 3.89. The maximum absolute atomic E-state index is 12.2. The number of ether oxygens (including phenoxy) is 3. The van der Waals surface area contributed by atoms with Crippen molar-refractivity contribution in [2.75, 3.05) is 14.2 Å². The molecule has 2 rings (SSSR count). The first kappa shape index (κ1) is 11.8. The summed E-state index contributed by atoms with van der Waals surface area (Å²) in [7, 11) is 3.08. The number of carbonyl (C=O) groups excluding carboxylic acids is 1. The summed E-state index contributed by atoms with van der Waals surface area (Å²) in [6.07, 6.45) is 3.66. The highest BCUT2D eigenvalue weighted by atomic mass is 16.7. The summed E-state index contributed by atoms with van der Waals surface area (Å²) in [5.74, 6) is -1.43. The molecule has 0 radical (unpaired) electrons. The van der Waals surface area contributed by atoms with Crippen LogP contribution in [-0.4, -0.2) is 37.0 Å². The molecule has 4 nitrogen and oxygen atoms in total. The summed E-state index contributed by atoms with van der Waals surface area (Å²) in [5.41, 5.74) is -1.56. The monoisotopic (exact) mass is 226 g/mol. The molecular formula is C12H18O4. The van der Waals surface area contributed by atoms with Crippen LogP contribution in [0.1, 0.15) is 20.8 Å². The summed E-state index contributed by atoms with van der Waals surface area (Å²) >= 11 is 0. The molecule has 1 saturated heterocycles. The van der Waals surface area contributed by atoms with Gasteiger partial charge in [0.25, 0.3) is 0 Å². The van der Waals surface area contributed by atoms with Gasteiger partial charge in [-0.05, 0) is 26.0 Å². The lowest BCUT2D eigenvalue weighted by Crippen LogP contribution is -2.67. The van der Waals surface area contributed by atoms with Crippen molar-refractivity contribution in [2.24, 2.45) is 5.92 Å². The van der Waals surface area contributed by atoms with Gasteiger partial charge in [0.2, 0.25) is 5.79 Å². The lowest BCUT2D eigenvalue weighted by atomic mass is 9.78. The highest BCUT2D eigenvalue weighted by Gasteiger charge is 2.66. The first-order valence-electron chi connectivity index (χ1n) is 5.40. The van der Waals surface area contributed by atoms with E-state index in [1.807, 2.05) is 19.9 Å². The average Bonchev–Trinajstić information content (AvgIpc) is 2.55. The predicted octanol–water partition coefficient (Wildman–Crippen LogP) is 1.30. The number of hydrogen-bond donors (Lipinski definition) is 0. The molecule has 3 atom stereocenters. The molecule has 0 saturated carbocycles. The van der Waals surface area contributed by atoms with Gasteiger partial charge in [-0.3, -0.25) is 4.79 Å². The van der Waals surface area contributed by atoms with Crippen molar-refractivity contribution in [3.05, 3.63) is 12.2 Å². The largest absolute Gasteiger partial charge is 0.350 e. The summed E-state index contributed by atoms with van der Waals surface area (Å²) in [5, 5.41) is 0. The number of Topliss-reactive ketones (excluding diaryl/α,β-unsaturated/α-hetero) is 1. The Labute approximate surface area is 95.6 Å². The van der Waals surface area contributed by atoms with Crippen LogP contribution in [0, 0.1) is 5.92 Å². The third kappa shape index (κ3) is 1.07. The molecule has 0 aromatic rings. The van der Waals surface area contributed by atoms with Gasteiger partial charge in [0, 0.05) is 14.2 Å². The first-order chi connectivity index (χ1) is 7.35. The number of carbonyl (C=O) groups is 1. The second kappa shape index (κ2) is 3.15. The summed E-state index contributed by atoms with van der Waals surface area (Å²) < 4.78 is 16.8. The molecule has 2 heterocycles. The fourth-order valence-electron chi connectivity index (χ4n) is 3.02. The van der Waals surface area contributed by atoms with E-state index in [2.05, 4.69) is 0 Å². The van der Waals surface area contributed by atoms with E-state index in [-0.39, 0.29) is 11.7 Å². The predicted molar refractivity (Wildman–Crippen MR) is 58.0 cm³/mol. The molecule has 2 aliphatic rings. The molecule has 2 bridgehead atoms. The molecular weight excluding hydrogens is 208 g/mol. The van der Waals surface area contributed by atoms with Crippen molar-refractivity contribution in [1.29, 1.82) is 0 Å². The van der Waals surface area contributed by atoms with Gasteiger partial charge in [-0.2, -0.15) is 0 Å². The second-order valence-corrected chi connectivity index (χ2v) is 4.81. The molecule has 0 N–H and O–H groups in total. The van der Waals surface area contributed by atoms with E-state index in [4.69, 9.17) is 14.2 Å². The summed E-state index contributed by atoms with van der Waals surface area (Å²) in [6, 6.07) is 0. The number of methoxy groups -OCH3 is 2. The van der Waals surface area contributed by atoms with Crippen LogP contribution < -0.4 is 0 Å². The second-order valence-electron chi connectivity index (χ2n) is 4.81. The maximum Gasteiger partial charge on any atom is 0.210 e. The Morgan fingerprint density at radius 2 is 1.81 bits per heavy atom. The standard InChI is InChI=1S/C12H18O4/c1-8-9(13)10(2)6-7-11(3,16-10)12(8,14-4)15-5/h6-8H,1-5H3. The van der Waals surface area contributed by atoms with Crippen molar-refractivity contribution in [3.63, 3.8) is 0 Å². The van der Waals surface area contributed by atoms with Gasteiger partial charge in [0.15, 0.2) is 5.78 Å². The first-order valence-corrected chi connectivity index (χ1v) is 5.40. The lowest BCUT2D eigenvalue weighted by Gasteiger charge is -2.51. The molecule has 0 amide bonds. The Hall–Kier alpha value is -0.710. The quantitative estimate of drug-likeness (QED) is 0.526. The molecule has 0 aromatic heterocycles. The molecule has 1 fully saturated rings. The average molecular weight is 226 g/mol. The fourth-order valence-corrected chi connectivity index (χ4v) is 3.02. The molecule has 0 aromatic carbocycles. The van der Waals surface area contributed by atoms with Crippen molar-refractivity contribution in [3.8, 4) is 0 Å². The normalized spacial score (nSPS) is 45.1. The Bertz CT molecular complexity index is 358.